The van der Waals surface area contributed by atoms with Gasteiger partial charge in [-0.3, -0.25) is 4.55 Å². The lowest BCUT2D eigenvalue weighted by atomic mass is 9.80. The molecule has 0 amide bonds. The standard InChI is InChI=1S/C36H44F3N3O3S/c1-6-41(7-2)27-16-14-26(15-17-27)34(29-19-18-28(24-25(29)5)42(8-3)9-4)31-20-21-32(40-23-11-22-36(37,38)39)35-30(31)12-10-13-33(35)46(43,44)45/h10,12-21,24,34,40H,6-9,11,22-23H2,1-5H3,(H,43,44,45). The molecule has 46 heavy (non-hydrogen) atoms. The Morgan fingerprint density at radius 3 is 1.96 bits per heavy atom. The van der Waals surface area contributed by atoms with Crippen LogP contribution in [-0.2, 0) is 10.1 Å². The maximum atomic E-state index is 12.8. The second-order valence-electron chi connectivity index (χ2n) is 11.4. The molecule has 0 fully saturated rings. The Bertz CT molecular complexity index is 1730. The molecule has 10 heteroatoms. The monoisotopic (exact) mass is 655 g/mol. The Morgan fingerprint density at radius 2 is 1.39 bits per heavy atom. The molecule has 0 aliphatic rings. The molecule has 1 unspecified atom stereocenters. The molecule has 0 saturated carbocycles. The summed E-state index contributed by atoms with van der Waals surface area (Å²) >= 11 is 0. The minimum Gasteiger partial charge on any atom is -0.385 e. The molecule has 248 valence electrons. The minimum absolute atomic E-state index is 0.0179. The maximum Gasteiger partial charge on any atom is 0.389 e. The van der Waals surface area contributed by atoms with Gasteiger partial charge in [-0.25, -0.2) is 0 Å². The van der Waals surface area contributed by atoms with Crippen LogP contribution in [0.15, 0.2) is 77.7 Å². The van der Waals surface area contributed by atoms with Crippen LogP contribution in [0.25, 0.3) is 10.8 Å². The van der Waals surface area contributed by atoms with Crippen molar-refractivity contribution >= 4 is 38.0 Å². The van der Waals surface area contributed by atoms with E-state index in [4.69, 9.17) is 0 Å². The zero-order chi connectivity index (χ0) is 33.6. The van der Waals surface area contributed by atoms with Gasteiger partial charge in [-0.1, -0.05) is 36.4 Å². The lowest BCUT2D eigenvalue weighted by molar-refractivity contribution is -0.134. The number of benzene rings is 4. The van der Waals surface area contributed by atoms with Crippen molar-refractivity contribution < 1.29 is 26.1 Å². The Balaban J connectivity index is 1.95. The minimum atomic E-state index is -4.66. The molecule has 4 rings (SSSR count). The molecule has 0 bridgehead atoms. The van der Waals surface area contributed by atoms with E-state index < -0.39 is 22.7 Å². The van der Waals surface area contributed by atoms with Crippen molar-refractivity contribution in [3.05, 3.63) is 95.1 Å². The molecule has 0 aliphatic heterocycles. The number of anilines is 3. The van der Waals surface area contributed by atoms with Crippen molar-refractivity contribution in [2.75, 3.05) is 47.8 Å². The van der Waals surface area contributed by atoms with E-state index in [2.05, 4.69) is 92.2 Å². The zero-order valence-electron chi connectivity index (χ0n) is 27.2. The second-order valence-corrected chi connectivity index (χ2v) is 12.8. The van der Waals surface area contributed by atoms with Gasteiger partial charge < -0.3 is 15.1 Å². The number of nitrogens with zero attached hydrogens (tertiary/aromatic N) is 2. The highest BCUT2D eigenvalue weighted by Crippen LogP contribution is 2.42. The fourth-order valence-corrected chi connectivity index (χ4v) is 7.01. The van der Waals surface area contributed by atoms with E-state index in [1.165, 1.54) is 6.07 Å². The van der Waals surface area contributed by atoms with Gasteiger partial charge in [-0.2, -0.15) is 21.6 Å². The molecule has 0 spiro atoms. The summed E-state index contributed by atoms with van der Waals surface area (Å²) in [5, 5.41) is 3.84. The van der Waals surface area contributed by atoms with Crippen LogP contribution in [0.1, 0.15) is 68.7 Å². The van der Waals surface area contributed by atoms with Crippen LogP contribution in [0.4, 0.5) is 30.2 Å². The Labute approximate surface area is 271 Å². The Morgan fingerprint density at radius 1 is 0.804 bits per heavy atom. The van der Waals surface area contributed by atoms with Gasteiger partial charge in [-0.05, 0) is 105 Å². The zero-order valence-corrected chi connectivity index (χ0v) is 28.0. The van der Waals surface area contributed by atoms with E-state index in [1.54, 1.807) is 18.2 Å². The summed E-state index contributed by atoms with van der Waals surface area (Å²) in [7, 11) is -4.66. The molecule has 0 saturated heterocycles. The quantitative estimate of drug-likeness (QED) is 0.0803. The fraction of sp³-hybridized carbons (Fsp3) is 0.389. The number of alkyl halides is 3. The first-order chi connectivity index (χ1) is 21.8. The van der Waals surface area contributed by atoms with E-state index in [9.17, 15) is 26.1 Å². The molecule has 0 aromatic heterocycles. The van der Waals surface area contributed by atoms with E-state index in [-0.39, 0.29) is 29.2 Å². The maximum absolute atomic E-state index is 12.8. The lowest BCUT2D eigenvalue weighted by Gasteiger charge is -2.27. The van der Waals surface area contributed by atoms with Crippen LogP contribution in [0.3, 0.4) is 0 Å². The van der Waals surface area contributed by atoms with Crippen LogP contribution in [-0.4, -0.2) is 51.9 Å². The summed E-state index contributed by atoms with van der Waals surface area (Å²) < 4.78 is 74.0. The third-order valence-corrected chi connectivity index (χ3v) is 9.52. The summed E-state index contributed by atoms with van der Waals surface area (Å²) in [6, 6.07) is 23.1. The molecular formula is C36H44F3N3O3S. The van der Waals surface area contributed by atoms with E-state index >= 15 is 0 Å². The third kappa shape index (κ3) is 7.96. The average molecular weight is 656 g/mol. The molecule has 1 atom stereocenters. The van der Waals surface area contributed by atoms with E-state index in [0.29, 0.717) is 11.1 Å². The Kier molecular flexibility index (Phi) is 11.3. The van der Waals surface area contributed by atoms with Gasteiger partial charge in [0.15, 0.2) is 0 Å². The first kappa shape index (κ1) is 35.1. The molecule has 0 heterocycles. The highest BCUT2D eigenvalue weighted by atomic mass is 32.2. The van der Waals surface area contributed by atoms with Gasteiger partial charge in [0.2, 0.25) is 0 Å². The summed E-state index contributed by atoms with van der Waals surface area (Å²) in [6.45, 7) is 14.0. The number of hydrogen-bond acceptors (Lipinski definition) is 5. The van der Waals surface area contributed by atoms with Crippen molar-refractivity contribution in [3.63, 3.8) is 0 Å². The number of fused-ring (bicyclic) bond motifs is 1. The van der Waals surface area contributed by atoms with Crippen LogP contribution in [0.5, 0.6) is 0 Å². The molecule has 4 aromatic carbocycles. The van der Waals surface area contributed by atoms with E-state index in [0.717, 1.165) is 59.8 Å². The van der Waals surface area contributed by atoms with Crippen LogP contribution >= 0.6 is 0 Å². The lowest BCUT2D eigenvalue weighted by Crippen LogP contribution is -2.22. The van der Waals surface area contributed by atoms with Crippen LogP contribution in [0.2, 0.25) is 0 Å². The van der Waals surface area contributed by atoms with Gasteiger partial charge in [-0.15, -0.1) is 0 Å². The molecule has 0 aliphatic carbocycles. The van der Waals surface area contributed by atoms with Gasteiger partial charge in [0.25, 0.3) is 10.1 Å². The van der Waals surface area contributed by atoms with E-state index in [1.807, 2.05) is 6.07 Å². The second kappa shape index (κ2) is 14.8. The molecule has 0 radical (unpaired) electrons. The molecule has 2 N–H and O–H groups in total. The van der Waals surface area contributed by atoms with Crippen molar-refractivity contribution in [1.29, 1.82) is 0 Å². The highest BCUT2D eigenvalue weighted by molar-refractivity contribution is 7.86. The number of aryl methyl sites for hydroxylation is 1. The fourth-order valence-electron chi connectivity index (χ4n) is 6.28. The molecular weight excluding hydrogens is 611 g/mol. The van der Waals surface area contributed by atoms with Crippen molar-refractivity contribution in [2.24, 2.45) is 0 Å². The number of hydrogen-bond donors (Lipinski definition) is 2. The number of rotatable bonds is 14. The largest absolute Gasteiger partial charge is 0.389 e. The van der Waals surface area contributed by atoms with Gasteiger partial charge in [0.05, 0.1) is 0 Å². The highest BCUT2D eigenvalue weighted by Gasteiger charge is 2.27. The smallest absolute Gasteiger partial charge is 0.385 e. The third-order valence-electron chi connectivity index (χ3n) is 8.63. The van der Waals surface area contributed by atoms with Crippen molar-refractivity contribution in [1.82, 2.24) is 0 Å². The predicted octanol–water partition coefficient (Wildman–Crippen LogP) is 9.02. The number of nitrogens with one attached hydrogen (secondary N) is 1. The average Bonchev–Trinajstić information content (AvgIpc) is 3.01. The molecule has 4 aromatic rings. The first-order valence-corrected chi connectivity index (χ1v) is 17.3. The van der Waals surface area contributed by atoms with Crippen molar-refractivity contribution in [2.45, 2.75) is 64.5 Å². The van der Waals surface area contributed by atoms with Crippen LogP contribution in [0, 0.1) is 6.92 Å². The number of halogens is 3. The Hall–Kier alpha value is -3.76. The first-order valence-electron chi connectivity index (χ1n) is 15.9. The summed E-state index contributed by atoms with van der Waals surface area (Å²) in [6.07, 6.45) is -5.43. The van der Waals surface area contributed by atoms with Crippen LogP contribution < -0.4 is 15.1 Å². The predicted molar refractivity (Wildman–Crippen MR) is 183 cm³/mol. The summed E-state index contributed by atoms with van der Waals surface area (Å²) in [5.41, 5.74) is 6.47. The molecule has 6 nitrogen and oxygen atoms in total. The summed E-state index contributed by atoms with van der Waals surface area (Å²) in [4.78, 5) is 4.24. The normalized spacial score (nSPS) is 12.7. The van der Waals surface area contributed by atoms with Crippen molar-refractivity contribution in [3.8, 4) is 0 Å². The van der Waals surface area contributed by atoms with Gasteiger partial charge >= 0.3 is 6.18 Å². The SMILES string of the molecule is CCN(CC)c1ccc(C(c2ccc(N(CC)CC)cc2C)c2ccc(NCCCC(F)(F)F)c3c(S(=O)(=O)O)cccc23)cc1. The van der Waals surface area contributed by atoms with Gasteiger partial charge in [0.1, 0.15) is 4.90 Å². The summed E-state index contributed by atoms with van der Waals surface area (Å²) in [5.74, 6) is -0.310. The van der Waals surface area contributed by atoms with Gasteiger partial charge in [0, 0.05) is 67.5 Å². The topological polar surface area (TPSA) is 72.9 Å².